The van der Waals surface area contributed by atoms with Crippen molar-refractivity contribution in [1.82, 2.24) is 19.9 Å². The highest BCUT2D eigenvalue weighted by Gasteiger charge is 2.14. The molecule has 0 aromatic carbocycles. The summed E-state index contributed by atoms with van der Waals surface area (Å²) >= 11 is 3.45. The highest BCUT2D eigenvalue weighted by molar-refractivity contribution is 9.10. The van der Waals surface area contributed by atoms with E-state index in [1.54, 1.807) is 10.7 Å². The van der Waals surface area contributed by atoms with Crippen molar-refractivity contribution in [3.63, 3.8) is 0 Å². The number of fused-ring (bicyclic) bond motifs is 1. The van der Waals surface area contributed by atoms with Gasteiger partial charge in [-0.1, -0.05) is 0 Å². The Morgan fingerprint density at radius 1 is 1.53 bits per heavy atom. The number of anilines is 1. The second-order valence-corrected chi connectivity index (χ2v) is 5.94. The number of hydrogen-bond acceptors (Lipinski definition) is 4. The van der Waals surface area contributed by atoms with E-state index in [-0.39, 0.29) is 0 Å². The minimum absolute atomic E-state index is 0.643. The normalized spacial score (nSPS) is 19.3. The molecule has 5 nitrogen and oxygen atoms in total. The van der Waals surface area contributed by atoms with Gasteiger partial charge in [-0.25, -0.2) is 4.98 Å². The van der Waals surface area contributed by atoms with Crippen molar-refractivity contribution in [3.8, 4) is 0 Å². The molecule has 1 atom stereocenters. The number of nitrogens with one attached hydrogen (secondary N) is 1. The molecule has 1 fully saturated rings. The van der Waals surface area contributed by atoms with Crippen molar-refractivity contribution in [1.29, 1.82) is 0 Å². The molecular formula is C13H18BrN5. The molecule has 1 aliphatic rings. The highest BCUT2D eigenvalue weighted by Crippen LogP contribution is 2.20. The van der Waals surface area contributed by atoms with Gasteiger partial charge < -0.3 is 11.1 Å². The number of nitrogens with two attached hydrogens (primary N) is 1. The molecule has 2 aromatic heterocycles. The van der Waals surface area contributed by atoms with Gasteiger partial charge in [-0.3, -0.25) is 0 Å². The van der Waals surface area contributed by atoms with Crippen molar-refractivity contribution in [2.75, 3.05) is 12.3 Å². The first-order valence-corrected chi connectivity index (χ1v) is 7.55. The van der Waals surface area contributed by atoms with Gasteiger partial charge in [0.05, 0.1) is 10.7 Å². The Hall–Kier alpha value is -1.14. The lowest BCUT2D eigenvalue weighted by molar-refractivity contribution is 0.534. The summed E-state index contributed by atoms with van der Waals surface area (Å²) in [6, 6.07) is 2.62. The Morgan fingerprint density at radius 2 is 2.42 bits per heavy atom. The molecule has 6 heteroatoms. The molecule has 0 aliphatic carbocycles. The molecule has 0 unspecified atom stereocenters. The molecule has 0 bridgehead atoms. The zero-order valence-electron chi connectivity index (χ0n) is 10.8. The fourth-order valence-corrected chi connectivity index (χ4v) is 3.02. The minimum atomic E-state index is 0.643. The van der Waals surface area contributed by atoms with Crippen LogP contribution in [0.2, 0.25) is 0 Å². The lowest BCUT2D eigenvalue weighted by Gasteiger charge is -2.09. The summed E-state index contributed by atoms with van der Waals surface area (Å²) in [4.78, 5) is 4.61. The zero-order chi connectivity index (χ0) is 13.2. The van der Waals surface area contributed by atoms with Crippen LogP contribution in [0.15, 0.2) is 16.7 Å². The number of halogens is 1. The lowest BCUT2D eigenvalue weighted by atomic mass is 10.1. The first-order chi connectivity index (χ1) is 9.24. The predicted octanol–water partition coefficient (Wildman–Crippen LogP) is 2.15. The van der Waals surface area contributed by atoms with Crippen LogP contribution in [-0.4, -0.2) is 27.2 Å². The maximum Gasteiger partial charge on any atom is 0.171 e. The maximum atomic E-state index is 5.99. The van der Waals surface area contributed by atoms with Gasteiger partial charge in [-0.05, 0) is 54.6 Å². The second-order valence-electron chi connectivity index (χ2n) is 5.09. The number of hydrogen-bond donors (Lipinski definition) is 2. The first-order valence-electron chi connectivity index (χ1n) is 6.76. The fraction of sp³-hybridized carbons (Fsp3) is 0.538. The Balaban J connectivity index is 1.68. The van der Waals surface area contributed by atoms with Crippen LogP contribution in [0.1, 0.15) is 31.4 Å². The van der Waals surface area contributed by atoms with Gasteiger partial charge in [0.25, 0.3) is 0 Å². The molecule has 1 aliphatic heterocycles. The quantitative estimate of drug-likeness (QED) is 0.904. The van der Waals surface area contributed by atoms with E-state index in [9.17, 15) is 0 Å². The number of aromatic nitrogens is 3. The van der Waals surface area contributed by atoms with E-state index < -0.39 is 0 Å². The van der Waals surface area contributed by atoms with Gasteiger partial charge in [0.15, 0.2) is 5.65 Å². The third-order valence-electron chi connectivity index (χ3n) is 3.66. The Kier molecular flexibility index (Phi) is 3.70. The van der Waals surface area contributed by atoms with Crippen LogP contribution in [0, 0.1) is 0 Å². The lowest BCUT2D eigenvalue weighted by Crippen LogP contribution is -2.21. The van der Waals surface area contributed by atoms with Crippen molar-refractivity contribution in [3.05, 3.63) is 22.4 Å². The summed E-state index contributed by atoms with van der Waals surface area (Å²) in [5.41, 5.74) is 7.84. The van der Waals surface area contributed by atoms with E-state index in [0.717, 1.165) is 28.7 Å². The molecule has 102 valence electrons. The summed E-state index contributed by atoms with van der Waals surface area (Å²) < 4.78 is 2.55. The van der Waals surface area contributed by atoms with Gasteiger partial charge >= 0.3 is 0 Å². The smallest absolute Gasteiger partial charge is 0.171 e. The van der Waals surface area contributed by atoms with Crippen LogP contribution in [-0.2, 0) is 6.42 Å². The summed E-state index contributed by atoms with van der Waals surface area (Å²) in [6.45, 7) is 1.17. The van der Waals surface area contributed by atoms with Crippen LogP contribution in [0.4, 0.5) is 5.82 Å². The van der Waals surface area contributed by atoms with Crippen molar-refractivity contribution in [2.45, 2.75) is 38.1 Å². The van der Waals surface area contributed by atoms with Gasteiger partial charge in [0.2, 0.25) is 0 Å². The zero-order valence-corrected chi connectivity index (χ0v) is 12.4. The molecule has 0 amide bonds. The van der Waals surface area contributed by atoms with E-state index in [1.165, 1.54) is 25.8 Å². The summed E-state index contributed by atoms with van der Waals surface area (Å²) in [6.07, 6.45) is 7.67. The fourth-order valence-electron chi connectivity index (χ4n) is 2.67. The van der Waals surface area contributed by atoms with Gasteiger partial charge in [-0.15, -0.1) is 0 Å². The Morgan fingerprint density at radius 3 is 3.21 bits per heavy atom. The SMILES string of the molecule is Nc1cc(CCC[C@@H]2CCCN2)nc2c(Br)cnn12. The van der Waals surface area contributed by atoms with Gasteiger partial charge in [0, 0.05) is 17.8 Å². The molecule has 3 rings (SSSR count). The first kappa shape index (κ1) is 12.9. The van der Waals surface area contributed by atoms with Crippen LogP contribution in [0.3, 0.4) is 0 Å². The minimum Gasteiger partial charge on any atom is -0.384 e. The summed E-state index contributed by atoms with van der Waals surface area (Å²) in [5.74, 6) is 0.643. The molecule has 3 N–H and O–H groups in total. The van der Waals surface area contributed by atoms with Gasteiger partial charge in [-0.2, -0.15) is 9.61 Å². The van der Waals surface area contributed by atoms with Crippen LogP contribution in [0.25, 0.3) is 5.65 Å². The monoisotopic (exact) mass is 323 g/mol. The molecule has 0 saturated carbocycles. The van der Waals surface area contributed by atoms with Gasteiger partial charge in [0.1, 0.15) is 5.82 Å². The average molecular weight is 324 g/mol. The van der Waals surface area contributed by atoms with Crippen molar-refractivity contribution >= 4 is 27.4 Å². The molecule has 0 radical (unpaired) electrons. The number of nitrogen functional groups attached to an aromatic ring is 1. The standard InChI is InChI=1S/C13H18BrN5/c14-11-8-17-19-12(15)7-10(18-13(11)19)4-1-3-9-5-2-6-16-9/h7-9,16H,1-6,15H2/t9-/m1/s1. The average Bonchev–Trinajstić information content (AvgIpc) is 3.01. The van der Waals surface area contributed by atoms with E-state index >= 15 is 0 Å². The third kappa shape index (κ3) is 2.74. The molecule has 19 heavy (non-hydrogen) atoms. The second kappa shape index (κ2) is 5.46. The van der Waals surface area contributed by atoms with Crippen molar-refractivity contribution < 1.29 is 0 Å². The van der Waals surface area contributed by atoms with Crippen LogP contribution in [0.5, 0.6) is 0 Å². The summed E-state index contributed by atoms with van der Waals surface area (Å²) in [5, 5.41) is 7.70. The van der Waals surface area contributed by atoms with E-state index in [0.29, 0.717) is 11.9 Å². The van der Waals surface area contributed by atoms with E-state index in [2.05, 4.69) is 31.3 Å². The number of rotatable bonds is 4. The van der Waals surface area contributed by atoms with Crippen LogP contribution >= 0.6 is 15.9 Å². The molecular weight excluding hydrogens is 306 g/mol. The Labute approximate surface area is 120 Å². The van der Waals surface area contributed by atoms with E-state index in [1.807, 2.05) is 6.07 Å². The molecule has 1 saturated heterocycles. The number of aryl methyl sites for hydroxylation is 1. The van der Waals surface area contributed by atoms with E-state index in [4.69, 9.17) is 5.73 Å². The highest BCUT2D eigenvalue weighted by atomic mass is 79.9. The maximum absolute atomic E-state index is 5.99. The molecule has 3 heterocycles. The predicted molar refractivity (Wildman–Crippen MR) is 79.1 cm³/mol. The van der Waals surface area contributed by atoms with Crippen LogP contribution < -0.4 is 11.1 Å². The number of nitrogens with zero attached hydrogens (tertiary/aromatic N) is 3. The molecule has 0 spiro atoms. The topological polar surface area (TPSA) is 68.2 Å². The van der Waals surface area contributed by atoms with Crippen molar-refractivity contribution in [2.24, 2.45) is 0 Å². The Bertz CT molecular complexity index is 574. The third-order valence-corrected chi connectivity index (χ3v) is 4.22. The molecule has 2 aromatic rings. The summed E-state index contributed by atoms with van der Waals surface area (Å²) in [7, 11) is 0. The largest absolute Gasteiger partial charge is 0.384 e.